The number of piperazine rings is 1. The van der Waals surface area contributed by atoms with Crippen molar-refractivity contribution in [3.05, 3.63) is 64.3 Å². The lowest BCUT2D eigenvalue weighted by Gasteiger charge is -2.46. The number of rotatable bonds is 2. The summed E-state index contributed by atoms with van der Waals surface area (Å²) in [5.74, 6) is 0.794. The maximum atomic E-state index is 13.5. The van der Waals surface area contributed by atoms with Crippen molar-refractivity contribution in [2.75, 3.05) is 26.2 Å². The molecular weight excluding hydrogens is 405 g/mol. The molecule has 4 heterocycles. The molecule has 0 spiro atoms. The first kappa shape index (κ1) is 19.5. The van der Waals surface area contributed by atoms with Crippen LogP contribution in [-0.2, 0) is 0 Å². The summed E-state index contributed by atoms with van der Waals surface area (Å²) in [6.45, 7) is 5.07. The summed E-state index contributed by atoms with van der Waals surface area (Å²) < 4.78 is 15.3. The maximum Gasteiger partial charge on any atom is 0.255 e. The van der Waals surface area contributed by atoms with E-state index in [1.54, 1.807) is 6.07 Å². The second-order valence-electron chi connectivity index (χ2n) is 8.24. The Hall–Kier alpha value is -2.51. The third-order valence-corrected chi connectivity index (χ3v) is 6.72. The van der Waals surface area contributed by atoms with Crippen LogP contribution >= 0.6 is 11.6 Å². The highest BCUT2D eigenvalue weighted by Gasteiger charge is 2.35. The lowest BCUT2D eigenvalue weighted by molar-refractivity contribution is 0.0329. The van der Waals surface area contributed by atoms with E-state index in [2.05, 4.69) is 15.1 Å². The molecule has 2 unspecified atom stereocenters. The van der Waals surface area contributed by atoms with Gasteiger partial charge in [-0.25, -0.2) is 4.39 Å². The highest BCUT2D eigenvalue weighted by molar-refractivity contribution is 6.30. The smallest absolute Gasteiger partial charge is 0.255 e. The maximum absolute atomic E-state index is 13.5. The average molecular weight is 428 g/mol. The molecule has 0 bridgehead atoms. The van der Waals surface area contributed by atoms with Crippen LogP contribution in [0.3, 0.4) is 0 Å². The largest absolute Gasteiger partial charge is 0.336 e. The standard InChI is InChI=1S/C22H23ClFN5O/c1-14-25-26-21-7-4-17(12-29(14)21)22(30)28-9-8-27-11-16(2-5-18(27)13-28)15-3-6-20(24)19(23)10-15/h3-4,6-7,10,12,16,18H,2,5,8-9,11,13H2,1H3. The number of carbonyl (C=O) groups is 1. The molecule has 6 nitrogen and oxygen atoms in total. The molecule has 0 N–H and O–H groups in total. The van der Waals surface area contributed by atoms with E-state index in [1.165, 1.54) is 6.07 Å². The second-order valence-corrected chi connectivity index (χ2v) is 8.65. The van der Waals surface area contributed by atoms with Crippen molar-refractivity contribution >= 4 is 23.2 Å². The minimum atomic E-state index is -0.374. The molecule has 0 aliphatic carbocycles. The fourth-order valence-electron chi connectivity index (χ4n) is 4.71. The number of halogens is 2. The minimum absolute atomic E-state index is 0.0529. The van der Waals surface area contributed by atoms with Gasteiger partial charge in [-0.15, -0.1) is 10.2 Å². The van der Waals surface area contributed by atoms with Crippen molar-refractivity contribution in [1.29, 1.82) is 0 Å². The number of aryl methyl sites for hydroxylation is 1. The topological polar surface area (TPSA) is 53.7 Å². The quantitative estimate of drug-likeness (QED) is 0.627. The van der Waals surface area contributed by atoms with Gasteiger partial charge in [-0.1, -0.05) is 17.7 Å². The highest BCUT2D eigenvalue weighted by atomic mass is 35.5. The predicted octanol–water partition coefficient (Wildman–Crippen LogP) is 3.53. The molecule has 2 aliphatic heterocycles. The average Bonchev–Trinajstić information content (AvgIpc) is 3.14. The van der Waals surface area contributed by atoms with Gasteiger partial charge in [0.15, 0.2) is 5.65 Å². The Balaban J connectivity index is 1.27. The molecule has 5 rings (SSSR count). The van der Waals surface area contributed by atoms with Crippen molar-refractivity contribution in [3.63, 3.8) is 0 Å². The molecule has 0 radical (unpaired) electrons. The van der Waals surface area contributed by atoms with Crippen molar-refractivity contribution in [2.45, 2.75) is 31.7 Å². The van der Waals surface area contributed by atoms with Crippen LogP contribution in [0.2, 0.25) is 5.02 Å². The van der Waals surface area contributed by atoms with Crippen molar-refractivity contribution in [3.8, 4) is 0 Å². The summed E-state index contributed by atoms with van der Waals surface area (Å²) in [5, 5.41) is 8.32. The molecule has 3 aromatic rings. The number of benzene rings is 1. The minimum Gasteiger partial charge on any atom is -0.336 e. The van der Waals surface area contributed by atoms with Gasteiger partial charge in [0.05, 0.1) is 10.6 Å². The summed E-state index contributed by atoms with van der Waals surface area (Å²) in [6, 6.07) is 9.07. The molecule has 2 saturated heterocycles. The van der Waals surface area contributed by atoms with Gasteiger partial charge in [0.1, 0.15) is 11.6 Å². The zero-order chi connectivity index (χ0) is 20.8. The number of hydrogen-bond donors (Lipinski definition) is 0. The molecule has 8 heteroatoms. The molecule has 156 valence electrons. The Bertz CT molecular complexity index is 1120. The summed E-state index contributed by atoms with van der Waals surface area (Å²) in [7, 11) is 0. The zero-order valence-corrected chi connectivity index (χ0v) is 17.5. The monoisotopic (exact) mass is 427 g/mol. The van der Waals surface area contributed by atoms with E-state index < -0.39 is 0 Å². The van der Waals surface area contributed by atoms with Gasteiger partial charge in [0, 0.05) is 38.4 Å². The number of amides is 1. The Kier molecular flexibility index (Phi) is 4.95. The van der Waals surface area contributed by atoms with Gasteiger partial charge >= 0.3 is 0 Å². The van der Waals surface area contributed by atoms with Gasteiger partial charge in [-0.2, -0.15) is 0 Å². The Morgan fingerprint density at radius 2 is 2.00 bits per heavy atom. The van der Waals surface area contributed by atoms with E-state index in [1.807, 2.05) is 40.6 Å². The molecule has 2 fully saturated rings. The fourth-order valence-corrected chi connectivity index (χ4v) is 4.90. The molecule has 2 atom stereocenters. The van der Waals surface area contributed by atoms with Gasteiger partial charge < -0.3 is 4.90 Å². The lowest BCUT2D eigenvalue weighted by Crippen LogP contribution is -2.57. The van der Waals surface area contributed by atoms with Gasteiger partial charge in [0.25, 0.3) is 5.91 Å². The molecule has 1 amide bonds. The van der Waals surface area contributed by atoms with Crippen LogP contribution in [0.1, 0.15) is 40.5 Å². The first-order valence-electron chi connectivity index (χ1n) is 10.3. The third kappa shape index (κ3) is 3.46. The molecule has 30 heavy (non-hydrogen) atoms. The number of nitrogens with zero attached hydrogens (tertiary/aromatic N) is 5. The third-order valence-electron chi connectivity index (χ3n) is 6.43. The van der Waals surface area contributed by atoms with Crippen LogP contribution in [-0.4, -0.2) is 62.5 Å². The Labute approximate surface area is 179 Å². The molecule has 1 aromatic carbocycles. The van der Waals surface area contributed by atoms with Crippen LogP contribution in [0.4, 0.5) is 4.39 Å². The van der Waals surface area contributed by atoms with E-state index in [4.69, 9.17) is 11.6 Å². The van der Waals surface area contributed by atoms with E-state index >= 15 is 0 Å². The number of hydrogen-bond acceptors (Lipinski definition) is 4. The van der Waals surface area contributed by atoms with Crippen LogP contribution in [0.15, 0.2) is 36.5 Å². The summed E-state index contributed by atoms with van der Waals surface area (Å²) >= 11 is 5.98. The first-order valence-corrected chi connectivity index (χ1v) is 10.7. The van der Waals surface area contributed by atoms with Gasteiger partial charge in [0.2, 0.25) is 0 Å². The molecular formula is C22H23ClFN5O. The fraction of sp³-hybridized carbons (Fsp3) is 0.409. The number of piperidine rings is 1. The van der Waals surface area contributed by atoms with E-state index in [0.29, 0.717) is 24.1 Å². The van der Waals surface area contributed by atoms with E-state index in [0.717, 1.165) is 49.5 Å². The van der Waals surface area contributed by atoms with Gasteiger partial charge in [-0.3, -0.25) is 14.1 Å². The second kappa shape index (κ2) is 7.63. The molecule has 0 saturated carbocycles. The molecule has 2 aromatic heterocycles. The van der Waals surface area contributed by atoms with Crippen molar-refractivity contribution in [1.82, 2.24) is 24.4 Å². The Morgan fingerprint density at radius 1 is 1.13 bits per heavy atom. The SMILES string of the molecule is Cc1nnc2ccc(C(=O)N3CCN4CC(c5ccc(F)c(Cl)c5)CCC4C3)cn12. The van der Waals surface area contributed by atoms with Gasteiger partial charge in [-0.05, 0) is 55.5 Å². The van der Waals surface area contributed by atoms with Crippen molar-refractivity contribution in [2.24, 2.45) is 0 Å². The molecule has 2 aliphatic rings. The zero-order valence-electron chi connectivity index (χ0n) is 16.8. The number of aromatic nitrogens is 3. The van der Waals surface area contributed by atoms with Crippen LogP contribution in [0, 0.1) is 12.7 Å². The number of pyridine rings is 1. The Morgan fingerprint density at radius 3 is 2.83 bits per heavy atom. The lowest BCUT2D eigenvalue weighted by atomic mass is 9.86. The number of fused-ring (bicyclic) bond motifs is 2. The summed E-state index contributed by atoms with van der Waals surface area (Å²) in [4.78, 5) is 17.5. The van der Waals surface area contributed by atoms with Crippen LogP contribution < -0.4 is 0 Å². The van der Waals surface area contributed by atoms with E-state index in [-0.39, 0.29) is 16.7 Å². The number of carbonyl (C=O) groups excluding carboxylic acids is 1. The van der Waals surface area contributed by atoms with Crippen LogP contribution in [0.25, 0.3) is 5.65 Å². The summed E-state index contributed by atoms with van der Waals surface area (Å²) in [6.07, 6.45) is 3.85. The van der Waals surface area contributed by atoms with E-state index in [9.17, 15) is 9.18 Å². The van der Waals surface area contributed by atoms with Crippen LogP contribution in [0.5, 0.6) is 0 Å². The normalized spacial score (nSPS) is 22.3. The first-order chi connectivity index (χ1) is 14.5. The van der Waals surface area contributed by atoms with Crippen molar-refractivity contribution < 1.29 is 9.18 Å². The highest BCUT2D eigenvalue weighted by Crippen LogP contribution is 2.33. The predicted molar refractivity (Wildman–Crippen MR) is 112 cm³/mol. The summed E-state index contributed by atoms with van der Waals surface area (Å²) in [5.41, 5.74) is 2.50.